The van der Waals surface area contributed by atoms with Crippen LogP contribution >= 0.6 is 0 Å². The van der Waals surface area contributed by atoms with Crippen LogP contribution in [0.5, 0.6) is 5.75 Å². The van der Waals surface area contributed by atoms with E-state index in [4.69, 9.17) is 4.74 Å². The van der Waals surface area contributed by atoms with Gasteiger partial charge in [-0.15, -0.1) is 0 Å². The van der Waals surface area contributed by atoms with Crippen molar-refractivity contribution in [3.63, 3.8) is 0 Å². The van der Waals surface area contributed by atoms with Crippen LogP contribution in [-0.4, -0.2) is 68.3 Å². The van der Waals surface area contributed by atoms with Crippen LogP contribution in [0.4, 0.5) is 0 Å². The van der Waals surface area contributed by atoms with Crippen LogP contribution in [0, 0.1) is 0 Å². The summed E-state index contributed by atoms with van der Waals surface area (Å²) >= 11 is 0. The Labute approximate surface area is 138 Å². The van der Waals surface area contributed by atoms with Gasteiger partial charge in [-0.3, -0.25) is 4.90 Å². The number of methoxy groups -OCH3 is 1. The van der Waals surface area contributed by atoms with Crippen molar-refractivity contribution in [3.8, 4) is 5.75 Å². The van der Waals surface area contributed by atoms with Gasteiger partial charge in [-0.2, -0.15) is 17.0 Å². The third-order valence-electron chi connectivity index (χ3n) is 4.81. The molecule has 1 aromatic carbocycles. The number of hydrogen-bond donors (Lipinski definition) is 0. The fourth-order valence-electron chi connectivity index (χ4n) is 3.48. The Morgan fingerprint density at radius 2 is 2.13 bits per heavy atom. The Bertz CT molecular complexity index is 650. The number of ether oxygens (including phenoxy) is 1. The number of benzene rings is 1. The van der Waals surface area contributed by atoms with Gasteiger partial charge in [0.15, 0.2) is 0 Å². The summed E-state index contributed by atoms with van der Waals surface area (Å²) in [5.74, 6) is 0.743. The van der Waals surface area contributed by atoms with E-state index >= 15 is 0 Å². The minimum atomic E-state index is -3.42. The second kappa shape index (κ2) is 6.76. The van der Waals surface area contributed by atoms with Crippen molar-refractivity contribution < 1.29 is 13.2 Å². The first-order chi connectivity index (χ1) is 11.0. The maximum atomic E-state index is 12.8. The lowest BCUT2D eigenvalue weighted by atomic mass is 10.2. The standard InChI is InChI=1S/C16H25N3O3S/c1-17(12-14-5-3-7-16(11-14)22-2)23(20,21)19-10-9-18-8-4-6-15(18)13-19/h3,5,7,11,15H,4,6,8-10,12-13H2,1-2H3/t15-/m0/s1. The van der Waals surface area contributed by atoms with Crippen molar-refractivity contribution >= 4 is 10.2 Å². The second-order valence-electron chi connectivity index (χ2n) is 6.31. The van der Waals surface area contributed by atoms with Crippen molar-refractivity contribution in [2.75, 3.05) is 40.3 Å². The molecule has 2 aliphatic heterocycles. The molecule has 0 saturated carbocycles. The molecule has 2 saturated heterocycles. The largest absolute Gasteiger partial charge is 0.497 e. The molecule has 0 amide bonds. The summed E-state index contributed by atoms with van der Waals surface area (Å²) in [7, 11) is -0.159. The van der Waals surface area contributed by atoms with Crippen molar-refractivity contribution in [1.82, 2.24) is 13.5 Å². The predicted molar refractivity (Wildman–Crippen MR) is 89.5 cm³/mol. The third-order valence-corrected chi connectivity index (χ3v) is 6.71. The molecule has 2 fully saturated rings. The van der Waals surface area contributed by atoms with E-state index in [0.717, 1.165) is 30.8 Å². The molecule has 1 aromatic rings. The van der Waals surface area contributed by atoms with Gasteiger partial charge < -0.3 is 4.74 Å². The van der Waals surface area contributed by atoms with Gasteiger partial charge in [-0.25, -0.2) is 0 Å². The lowest BCUT2D eigenvalue weighted by Crippen LogP contribution is -2.54. The Hall–Kier alpha value is -1.15. The third kappa shape index (κ3) is 3.52. The fourth-order valence-corrected chi connectivity index (χ4v) is 4.86. The van der Waals surface area contributed by atoms with Crippen LogP contribution in [0.2, 0.25) is 0 Å². The van der Waals surface area contributed by atoms with Gasteiger partial charge in [0.05, 0.1) is 7.11 Å². The van der Waals surface area contributed by atoms with E-state index in [2.05, 4.69) is 4.90 Å². The number of piperazine rings is 1. The summed E-state index contributed by atoms with van der Waals surface area (Å²) in [6.45, 7) is 3.51. The molecule has 0 aliphatic carbocycles. The molecule has 1 atom stereocenters. The van der Waals surface area contributed by atoms with Crippen LogP contribution in [0.1, 0.15) is 18.4 Å². The van der Waals surface area contributed by atoms with E-state index in [1.807, 2.05) is 24.3 Å². The molecule has 128 valence electrons. The summed E-state index contributed by atoms with van der Waals surface area (Å²) < 4.78 is 33.9. The second-order valence-corrected chi connectivity index (χ2v) is 8.34. The summed E-state index contributed by atoms with van der Waals surface area (Å²) in [4.78, 5) is 2.41. The molecular weight excluding hydrogens is 314 g/mol. The molecule has 2 heterocycles. The molecule has 0 bridgehead atoms. The number of nitrogens with zero attached hydrogens (tertiary/aromatic N) is 3. The van der Waals surface area contributed by atoms with E-state index in [0.29, 0.717) is 25.7 Å². The van der Waals surface area contributed by atoms with Crippen molar-refractivity contribution in [3.05, 3.63) is 29.8 Å². The zero-order chi connectivity index (χ0) is 16.4. The van der Waals surface area contributed by atoms with Gasteiger partial charge in [0.25, 0.3) is 10.2 Å². The van der Waals surface area contributed by atoms with E-state index < -0.39 is 10.2 Å². The van der Waals surface area contributed by atoms with Crippen LogP contribution in [0.15, 0.2) is 24.3 Å². The molecule has 0 spiro atoms. The van der Waals surface area contributed by atoms with E-state index in [-0.39, 0.29) is 0 Å². The highest BCUT2D eigenvalue weighted by Gasteiger charge is 2.37. The highest BCUT2D eigenvalue weighted by molar-refractivity contribution is 7.86. The number of hydrogen-bond acceptors (Lipinski definition) is 4. The van der Waals surface area contributed by atoms with Crippen LogP contribution in [-0.2, 0) is 16.8 Å². The zero-order valence-corrected chi connectivity index (χ0v) is 14.6. The number of fused-ring (bicyclic) bond motifs is 1. The van der Waals surface area contributed by atoms with Gasteiger partial charge in [0.1, 0.15) is 5.75 Å². The lowest BCUT2D eigenvalue weighted by Gasteiger charge is -2.38. The Morgan fingerprint density at radius 1 is 1.30 bits per heavy atom. The molecule has 7 heteroatoms. The first-order valence-electron chi connectivity index (χ1n) is 8.09. The number of rotatable bonds is 5. The monoisotopic (exact) mass is 339 g/mol. The first kappa shape index (κ1) is 16.7. The normalized spacial score (nSPS) is 23.2. The molecule has 3 rings (SSSR count). The molecule has 0 aromatic heterocycles. The molecule has 0 radical (unpaired) electrons. The topological polar surface area (TPSA) is 53.1 Å². The van der Waals surface area contributed by atoms with Crippen molar-refractivity contribution in [1.29, 1.82) is 0 Å². The summed E-state index contributed by atoms with van der Waals surface area (Å²) in [5, 5.41) is 0. The summed E-state index contributed by atoms with van der Waals surface area (Å²) in [6.07, 6.45) is 2.28. The highest BCUT2D eigenvalue weighted by atomic mass is 32.2. The van der Waals surface area contributed by atoms with Gasteiger partial charge in [-0.1, -0.05) is 12.1 Å². The molecule has 0 N–H and O–H groups in total. The Morgan fingerprint density at radius 3 is 2.91 bits per heavy atom. The van der Waals surface area contributed by atoms with Crippen LogP contribution < -0.4 is 4.74 Å². The maximum Gasteiger partial charge on any atom is 0.282 e. The zero-order valence-electron chi connectivity index (χ0n) is 13.8. The lowest BCUT2D eigenvalue weighted by molar-refractivity contribution is 0.153. The fraction of sp³-hybridized carbons (Fsp3) is 0.625. The van der Waals surface area contributed by atoms with E-state index in [1.54, 1.807) is 18.5 Å². The molecule has 23 heavy (non-hydrogen) atoms. The van der Waals surface area contributed by atoms with Crippen molar-refractivity contribution in [2.45, 2.75) is 25.4 Å². The Balaban J connectivity index is 1.68. The minimum Gasteiger partial charge on any atom is -0.497 e. The molecule has 2 aliphatic rings. The molecular formula is C16H25N3O3S. The maximum absolute atomic E-state index is 12.8. The van der Waals surface area contributed by atoms with Gasteiger partial charge in [0.2, 0.25) is 0 Å². The van der Waals surface area contributed by atoms with E-state index in [9.17, 15) is 8.42 Å². The van der Waals surface area contributed by atoms with Gasteiger partial charge in [-0.05, 0) is 37.1 Å². The molecule has 6 nitrogen and oxygen atoms in total. The van der Waals surface area contributed by atoms with Crippen LogP contribution in [0.3, 0.4) is 0 Å². The quantitative estimate of drug-likeness (QED) is 0.808. The van der Waals surface area contributed by atoms with Gasteiger partial charge >= 0.3 is 0 Å². The smallest absolute Gasteiger partial charge is 0.282 e. The van der Waals surface area contributed by atoms with Gasteiger partial charge in [0, 0.05) is 39.3 Å². The SMILES string of the molecule is COc1cccc(CN(C)S(=O)(=O)N2CCN3CCC[C@H]3C2)c1. The first-order valence-corrected chi connectivity index (χ1v) is 9.49. The average Bonchev–Trinajstić information content (AvgIpc) is 3.02. The summed E-state index contributed by atoms with van der Waals surface area (Å²) in [6, 6.07) is 7.93. The average molecular weight is 339 g/mol. The van der Waals surface area contributed by atoms with Crippen molar-refractivity contribution in [2.24, 2.45) is 0 Å². The molecule has 0 unspecified atom stereocenters. The highest BCUT2D eigenvalue weighted by Crippen LogP contribution is 2.24. The van der Waals surface area contributed by atoms with E-state index in [1.165, 1.54) is 10.7 Å². The predicted octanol–water partition coefficient (Wildman–Crippen LogP) is 1.15. The summed E-state index contributed by atoms with van der Waals surface area (Å²) in [5.41, 5.74) is 0.926. The Kier molecular flexibility index (Phi) is 4.91. The van der Waals surface area contributed by atoms with Crippen LogP contribution in [0.25, 0.3) is 0 Å². The minimum absolute atomic E-state index is 0.352.